The van der Waals surface area contributed by atoms with Crippen LogP contribution in [0.3, 0.4) is 0 Å². The van der Waals surface area contributed by atoms with Gasteiger partial charge in [0.25, 0.3) is 5.91 Å². The van der Waals surface area contributed by atoms with E-state index >= 15 is 0 Å². The van der Waals surface area contributed by atoms with E-state index in [1.54, 1.807) is 0 Å². The van der Waals surface area contributed by atoms with Crippen LogP contribution >= 0.6 is 7.15 Å². The number of Topliss-reactive ketones (excluding diaryl/α,β-unsaturated/α-hetero) is 1. The van der Waals surface area contributed by atoms with Crippen molar-refractivity contribution in [3.63, 3.8) is 0 Å². The summed E-state index contributed by atoms with van der Waals surface area (Å²) in [7, 11) is -2.28. The fraction of sp³-hybridized carbons (Fsp3) is 0.500. The van der Waals surface area contributed by atoms with E-state index in [0.29, 0.717) is 0 Å². The van der Waals surface area contributed by atoms with Gasteiger partial charge in [-0.05, 0) is 11.8 Å². The number of ether oxygens (including phenoxy) is 1. The van der Waals surface area contributed by atoms with Gasteiger partial charge < -0.3 is 19.9 Å². The Labute approximate surface area is 113 Å². The Balaban J connectivity index is 2.01. The number of amides is 1. The van der Waals surface area contributed by atoms with Gasteiger partial charge in [0.15, 0.2) is 19.2 Å². The molecule has 1 aliphatic heterocycles. The van der Waals surface area contributed by atoms with Gasteiger partial charge in [-0.1, -0.05) is 0 Å². The first-order chi connectivity index (χ1) is 8.97. The second kappa shape index (κ2) is 5.85. The molecule has 1 aromatic heterocycles. The number of carbonyl (C=O) groups is 2. The highest BCUT2D eigenvalue weighted by atomic mass is 32.4. The molecule has 11 heteroatoms. The van der Waals surface area contributed by atoms with E-state index in [0.717, 1.165) is 0 Å². The molecule has 1 unspecified atom stereocenters. The number of ketones is 1. The monoisotopic (exact) mass is 306 g/mol. The Hall–Kier alpha value is -1.19. The number of rotatable bonds is 5. The maximum absolute atomic E-state index is 11.6. The number of hydrogen-bond acceptors (Lipinski definition) is 7. The molecule has 2 rings (SSSR count). The highest BCUT2D eigenvalue weighted by Gasteiger charge is 2.35. The van der Waals surface area contributed by atoms with Crippen LogP contribution in [0.1, 0.15) is 23.3 Å². The quantitative estimate of drug-likeness (QED) is 0.645. The predicted molar refractivity (Wildman–Crippen MR) is 65.9 cm³/mol. The highest BCUT2D eigenvalue weighted by Crippen LogP contribution is 2.27. The van der Waals surface area contributed by atoms with E-state index in [1.807, 2.05) is 0 Å². The summed E-state index contributed by atoms with van der Waals surface area (Å²) in [6.45, 7) is -0.0962. The topological polar surface area (TPSA) is 130 Å². The maximum atomic E-state index is 11.6. The van der Waals surface area contributed by atoms with Crippen LogP contribution in [0.4, 0.5) is 0 Å². The minimum absolute atomic E-state index is 0.0700. The zero-order valence-electron chi connectivity index (χ0n) is 9.55. The SMILES string of the molecule is NC(=O)c1ncn([C@H]2CC(=O)[C@@H](CO[PH](O)=S)O2)n1. The van der Waals surface area contributed by atoms with Gasteiger partial charge >= 0.3 is 0 Å². The average Bonchev–Trinajstić information content (AvgIpc) is 2.92. The maximum Gasteiger partial charge on any atom is 0.288 e. The summed E-state index contributed by atoms with van der Waals surface area (Å²) in [5.74, 6) is -1.11. The normalized spacial score (nSPS) is 24.6. The van der Waals surface area contributed by atoms with Crippen molar-refractivity contribution in [3.8, 4) is 0 Å². The molecule has 3 atom stereocenters. The van der Waals surface area contributed by atoms with Crippen LogP contribution in [0.2, 0.25) is 0 Å². The lowest BCUT2D eigenvalue weighted by molar-refractivity contribution is -0.124. The molecule has 1 aliphatic rings. The van der Waals surface area contributed by atoms with E-state index in [4.69, 9.17) is 19.9 Å². The summed E-state index contributed by atoms with van der Waals surface area (Å²) in [5, 5.41) is 3.81. The van der Waals surface area contributed by atoms with Crippen molar-refractivity contribution in [2.45, 2.75) is 18.8 Å². The molecule has 1 aromatic rings. The van der Waals surface area contributed by atoms with Crippen LogP contribution < -0.4 is 5.73 Å². The third kappa shape index (κ3) is 3.43. The van der Waals surface area contributed by atoms with Gasteiger partial charge in [-0.15, -0.1) is 5.10 Å². The molecule has 1 saturated heterocycles. The van der Waals surface area contributed by atoms with Crippen molar-refractivity contribution in [1.82, 2.24) is 14.8 Å². The molecule has 104 valence electrons. The molecule has 1 amide bonds. The zero-order chi connectivity index (χ0) is 14.0. The zero-order valence-corrected chi connectivity index (χ0v) is 11.4. The third-order valence-electron chi connectivity index (χ3n) is 2.44. The number of carbonyl (C=O) groups excluding carboxylic acids is 2. The van der Waals surface area contributed by atoms with E-state index in [1.165, 1.54) is 11.0 Å². The first-order valence-electron chi connectivity index (χ1n) is 5.22. The van der Waals surface area contributed by atoms with Gasteiger partial charge in [-0.2, -0.15) is 0 Å². The Kier molecular flexibility index (Phi) is 4.38. The largest absolute Gasteiger partial charge is 0.363 e. The Morgan fingerprint density at radius 1 is 1.79 bits per heavy atom. The summed E-state index contributed by atoms with van der Waals surface area (Å²) in [5.41, 5.74) is 5.02. The molecule has 19 heavy (non-hydrogen) atoms. The molecule has 1 fully saturated rings. The third-order valence-corrected chi connectivity index (χ3v) is 3.21. The first-order valence-corrected chi connectivity index (χ1v) is 7.71. The summed E-state index contributed by atoms with van der Waals surface area (Å²) >= 11 is 4.50. The molecule has 2 heterocycles. The summed E-state index contributed by atoms with van der Waals surface area (Å²) in [6, 6.07) is 0. The molecule has 9 nitrogen and oxygen atoms in total. The first kappa shape index (κ1) is 14.2. The molecule has 0 aromatic carbocycles. The van der Waals surface area contributed by atoms with E-state index in [9.17, 15) is 9.59 Å². The molecule has 0 bridgehead atoms. The molecular formula is C8H11N4O5PS. The van der Waals surface area contributed by atoms with Crippen molar-refractivity contribution in [3.05, 3.63) is 12.2 Å². The number of nitrogens with zero attached hydrogens (tertiary/aromatic N) is 3. The van der Waals surface area contributed by atoms with Gasteiger partial charge in [0.05, 0.1) is 13.0 Å². The predicted octanol–water partition coefficient (Wildman–Crippen LogP) is -1.25. The number of aromatic nitrogens is 3. The standard InChI is InChI=1S/C8H11N4O5PS/c9-7(14)8-10-3-12(11-8)6-1-4(13)5(17-6)2-16-18(15)19/h3,5-6,18H,1-2H2,(H2,9,14)(H,15,19)/t5-,6-/m1/s1. The Morgan fingerprint density at radius 2 is 2.53 bits per heavy atom. The number of hydrogen-bond donors (Lipinski definition) is 2. The van der Waals surface area contributed by atoms with Gasteiger partial charge in [0.1, 0.15) is 12.4 Å². The summed E-state index contributed by atoms with van der Waals surface area (Å²) in [6.07, 6.45) is -0.140. The molecular weight excluding hydrogens is 295 g/mol. The molecule has 0 radical (unpaired) electrons. The fourth-order valence-electron chi connectivity index (χ4n) is 1.58. The smallest absolute Gasteiger partial charge is 0.288 e. The minimum atomic E-state index is -2.28. The van der Waals surface area contributed by atoms with E-state index in [2.05, 4.69) is 21.9 Å². The fourth-order valence-corrected chi connectivity index (χ4v) is 2.08. The van der Waals surface area contributed by atoms with Crippen LogP contribution in [0.5, 0.6) is 0 Å². The van der Waals surface area contributed by atoms with Gasteiger partial charge in [-0.25, -0.2) is 9.67 Å². The van der Waals surface area contributed by atoms with Crippen molar-refractivity contribution in [1.29, 1.82) is 0 Å². The molecule has 0 aliphatic carbocycles. The summed E-state index contributed by atoms with van der Waals surface area (Å²) in [4.78, 5) is 35.1. The van der Waals surface area contributed by atoms with Crippen molar-refractivity contribution >= 4 is 30.6 Å². The lowest BCUT2D eigenvalue weighted by Crippen LogP contribution is -2.21. The van der Waals surface area contributed by atoms with Crippen LogP contribution in [0, 0.1) is 0 Å². The second-order valence-corrected chi connectivity index (χ2v) is 5.61. The van der Waals surface area contributed by atoms with Crippen molar-refractivity contribution in [2.24, 2.45) is 5.73 Å². The minimum Gasteiger partial charge on any atom is -0.363 e. The lowest BCUT2D eigenvalue weighted by Gasteiger charge is -2.11. The van der Waals surface area contributed by atoms with Crippen LogP contribution in [-0.4, -0.2) is 44.1 Å². The Morgan fingerprint density at radius 3 is 3.11 bits per heavy atom. The Bertz CT molecular complexity index is 535. The number of nitrogens with two attached hydrogens (primary N) is 1. The average molecular weight is 306 g/mol. The lowest BCUT2D eigenvalue weighted by atomic mass is 10.2. The van der Waals surface area contributed by atoms with Crippen LogP contribution in [0.25, 0.3) is 0 Å². The van der Waals surface area contributed by atoms with Crippen LogP contribution in [-0.2, 0) is 25.9 Å². The van der Waals surface area contributed by atoms with Crippen LogP contribution in [0.15, 0.2) is 6.33 Å². The van der Waals surface area contributed by atoms with Crippen molar-refractivity contribution in [2.75, 3.05) is 6.61 Å². The van der Waals surface area contributed by atoms with E-state index in [-0.39, 0.29) is 24.6 Å². The van der Waals surface area contributed by atoms with Gasteiger partial charge in [0.2, 0.25) is 5.82 Å². The number of primary amides is 1. The molecule has 0 saturated carbocycles. The van der Waals surface area contributed by atoms with Gasteiger partial charge in [0, 0.05) is 0 Å². The van der Waals surface area contributed by atoms with E-state index < -0.39 is 25.4 Å². The van der Waals surface area contributed by atoms with Crippen molar-refractivity contribution < 1.29 is 23.7 Å². The second-order valence-electron chi connectivity index (χ2n) is 3.74. The highest BCUT2D eigenvalue weighted by molar-refractivity contribution is 8.00. The summed E-state index contributed by atoms with van der Waals surface area (Å²) < 4.78 is 11.5. The molecule has 0 spiro atoms. The van der Waals surface area contributed by atoms with Gasteiger partial charge in [-0.3, -0.25) is 9.59 Å². The molecule has 3 N–H and O–H groups in total.